The molecule has 0 spiro atoms. The van der Waals surface area contributed by atoms with Crippen molar-refractivity contribution in [1.29, 1.82) is 0 Å². The average Bonchev–Trinajstić information content (AvgIpc) is 2.38. The maximum absolute atomic E-state index is 10.2. The van der Waals surface area contributed by atoms with Crippen LogP contribution in [0.2, 0.25) is 5.02 Å². The van der Waals surface area contributed by atoms with Gasteiger partial charge in [-0.3, -0.25) is 0 Å². The fraction of sp³-hybridized carbons (Fsp3) is 0.538. The van der Waals surface area contributed by atoms with Crippen molar-refractivity contribution >= 4 is 11.6 Å². The highest BCUT2D eigenvalue weighted by molar-refractivity contribution is 6.32. The molecule has 0 aliphatic rings. The van der Waals surface area contributed by atoms with Crippen LogP contribution in [-0.2, 0) is 9.47 Å². The zero-order chi connectivity index (χ0) is 13.5. The summed E-state index contributed by atoms with van der Waals surface area (Å²) >= 11 is 5.93. The highest BCUT2D eigenvalue weighted by Crippen LogP contribution is 2.29. The van der Waals surface area contributed by atoms with Gasteiger partial charge in [-0.15, -0.1) is 0 Å². The molecule has 0 aliphatic carbocycles. The van der Waals surface area contributed by atoms with Gasteiger partial charge in [0, 0.05) is 13.2 Å². The van der Waals surface area contributed by atoms with Crippen LogP contribution >= 0.6 is 11.6 Å². The average molecular weight is 275 g/mol. The maximum Gasteiger partial charge on any atom is 0.187 e. The zero-order valence-electron chi connectivity index (χ0n) is 10.9. The summed E-state index contributed by atoms with van der Waals surface area (Å²) in [7, 11) is 1.53. The van der Waals surface area contributed by atoms with Crippen LogP contribution in [0.4, 0.5) is 0 Å². The van der Waals surface area contributed by atoms with Crippen LogP contribution in [0.15, 0.2) is 18.2 Å². The molecule has 1 unspecified atom stereocenters. The predicted molar refractivity (Wildman–Crippen MR) is 70.0 cm³/mol. The topological polar surface area (TPSA) is 47.9 Å². The fourth-order valence-corrected chi connectivity index (χ4v) is 1.77. The van der Waals surface area contributed by atoms with Crippen LogP contribution in [0.3, 0.4) is 0 Å². The van der Waals surface area contributed by atoms with E-state index in [2.05, 4.69) is 0 Å². The number of hydrogen-bond acceptors (Lipinski definition) is 4. The number of rotatable bonds is 7. The van der Waals surface area contributed by atoms with Crippen LogP contribution in [-0.4, -0.2) is 31.7 Å². The van der Waals surface area contributed by atoms with E-state index < -0.39 is 12.4 Å². The number of halogens is 1. The molecule has 0 amide bonds. The molecule has 0 bridgehead atoms. The van der Waals surface area contributed by atoms with E-state index in [9.17, 15) is 5.11 Å². The Balaban J connectivity index is 2.89. The quantitative estimate of drug-likeness (QED) is 0.777. The Morgan fingerprint density at radius 3 is 2.33 bits per heavy atom. The predicted octanol–water partition coefficient (Wildman–Crippen LogP) is 2.78. The smallest absolute Gasteiger partial charge is 0.187 e. The first-order chi connectivity index (χ1) is 8.63. The monoisotopic (exact) mass is 274 g/mol. The molecule has 1 aromatic carbocycles. The van der Waals surface area contributed by atoms with E-state index in [0.717, 1.165) is 0 Å². The molecule has 18 heavy (non-hydrogen) atoms. The molecule has 1 aromatic rings. The molecule has 0 aliphatic heterocycles. The van der Waals surface area contributed by atoms with Crippen molar-refractivity contribution in [1.82, 2.24) is 0 Å². The second kappa shape index (κ2) is 7.59. The Morgan fingerprint density at radius 1 is 1.22 bits per heavy atom. The summed E-state index contributed by atoms with van der Waals surface area (Å²) in [5, 5.41) is 10.7. The molecular formula is C13H19ClO4. The standard InChI is InChI=1S/C13H19ClO4/c1-4-17-13(18-5-2)12(15)9-6-7-10(14)11(8-9)16-3/h6-8,12-13,15H,4-5H2,1-3H3. The first-order valence-electron chi connectivity index (χ1n) is 5.88. The first-order valence-corrected chi connectivity index (χ1v) is 6.26. The Labute approximate surface area is 112 Å². The molecule has 102 valence electrons. The lowest BCUT2D eigenvalue weighted by Gasteiger charge is -2.23. The number of aliphatic hydroxyl groups is 1. The second-order valence-corrected chi connectivity index (χ2v) is 4.03. The number of benzene rings is 1. The molecule has 1 atom stereocenters. The molecule has 1 N–H and O–H groups in total. The molecule has 0 heterocycles. The van der Waals surface area contributed by atoms with Gasteiger partial charge in [0.25, 0.3) is 0 Å². The molecule has 1 rings (SSSR count). The van der Waals surface area contributed by atoms with Crippen LogP contribution in [0.1, 0.15) is 25.5 Å². The van der Waals surface area contributed by atoms with Gasteiger partial charge in [-0.1, -0.05) is 17.7 Å². The Hall–Kier alpha value is -0.810. The summed E-state index contributed by atoms with van der Waals surface area (Å²) in [5.41, 5.74) is 0.642. The van der Waals surface area contributed by atoms with E-state index >= 15 is 0 Å². The van der Waals surface area contributed by atoms with Crippen molar-refractivity contribution in [3.8, 4) is 5.75 Å². The fourth-order valence-electron chi connectivity index (χ4n) is 1.58. The molecular weight excluding hydrogens is 256 g/mol. The van der Waals surface area contributed by atoms with Crippen LogP contribution < -0.4 is 4.74 Å². The van der Waals surface area contributed by atoms with E-state index in [1.165, 1.54) is 7.11 Å². The van der Waals surface area contributed by atoms with Crippen molar-refractivity contribution in [2.45, 2.75) is 26.2 Å². The SMILES string of the molecule is CCOC(OCC)C(O)c1ccc(Cl)c(OC)c1. The van der Waals surface area contributed by atoms with E-state index in [1.807, 2.05) is 13.8 Å². The van der Waals surface area contributed by atoms with E-state index in [1.54, 1.807) is 18.2 Å². The van der Waals surface area contributed by atoms with E-state index in [0.29, 0.717) is 29.5 Å². The highest BCUT2D eigenvalue weighted by atomic mass is 35.5. The van der Waals surface area contributed by atoms with Gasteiger partial charge < -0.3 is 19.3 Å². The summed E-state index contributed by atoms with van der Waals surface area (Å²) < 4.78 is 15.8. The van der Waals surface area contributed by atoms with Crippen LogP contribution in [0, 0.1) is 0 Å². The Morgan fingerprint density at radius 2 is 1.83 bits per heavy atom. The van der Waals surface area contributed by atoms with Crippen molar-refractivity contribution in [3.05, 3.63) is 28.8 Å². The van der Waals surface area contributed by atoms with Crippen molar-refractivity contribution in [2.24, 2.45) is 0 Å². The van der Waals surface area contributed by atoms with Gasteiger partial charge in [-0.25, -0.2) is 0 Å². The normalized spacial score (nSPS) is 12.8. The number of hydrogen-bond donors (Lipinski definition) is 1. The minimum absolute atomic E-state index is 0.465. The minimum Gasteiger partial charge on any atom is -0.495 e. The first kappa shape index (κ1) is 15.2. The lowest BCUT2D eigenvalue weighted by Crippen LogP contribution is -2.25. The number of ether oxygens (including phenoxy) is 3. The zero-order valence-corrected chi connectivity index (χ0v) is 11.6. The Bertz CT molecular complexity index is 364. The van der Waals surface area contributed by atoms with Gasteiger partial charge >= 0.3 is 0 Å². The second-order valence-electron chi connectivity index (χ2n) is 3.62. The Kier molecular flexibility index (Phi) is 6.43. The molecule has 0 saturated heterocycles. The largest absolute Gasteiger partial charge is 0.495 e. The summed E-state index contributed by atoms with van der Waals surface area (Å²) in [6.07, 6.45) is -1.57. The van der Waals surface area contributed by atoms with Crippen LogP contribution in [0.5, 0.6) is 5.75 Å². The lowest BCUT2D eigenvalue weighted by molar-refractivity contribution is -0.191. The molecule has 0 radical (unpaired) electrons. The summed E-state index contributed by atoms with van der Waals surface area (Å²) in [6.45, 7) is 4.63. The molecule has 0 aromatic heterocycles. The minimum atomic E-state index is -0.879. The highest BCUT2D eigenvalue weighted by Gasteiger charge is 2.22. The van der Waals surface area contributed by atoms with Gasteiger partial charge in [0.1, 0.15) is 11.9 Å². The van der Waals surface area contributed by atoms with Crippen molar-refractivity contribution < 1.29 is 19.3 Å². The van der Waals surface area contributed by atoms with E-state index in [4.69, 9.17) is 25.8 Å². The van der Waals surface area contributed by atoms with Crippen LogP contribution in [0.25, 0.3) is 0 Å². The van der Waals surface area contributed by atoms with Gasteiger partial charge in [0.05, 0.1) is 12.1 Å². The molecule has 0 saturated carbocycles. The van der Waals surface area contributed by atoms with E-state index in [-0.39, 0.29) is 0 Å². The summed E-state index contributed by atoms with van der Waals surface area (Å²) in [6, 6.07) is 5.08. The van der Waals surface area contributed by atoms with Crippen molar-refractivity contribution in [3.63, 3.8) is 0 Å². The van der Waals surface area contributed by atoms with Gasteiger partial charge in [-0.05, 0) is 31.5 Å². The number of aliphatic hydroxyl groups excluding tert-OH is 1. The van der Waals surface area contributed by atoms with Gasteiger partial charge in [0.2, 0.25) is 0 Å². The van der Waals surface area contributed by atoms with Gasteiger partial charge in [-0.2, -0.15) is 0 Å². The lowest BCUT2D eigenvalue weighted by atomic mass is 10.1. The number of methoxy groups -OCH3 is 1. The molecule has 0 fully saturated rings. The third-order valence-corrected chi connectivity index (χ3v) is 2.75. The van der Waals surface area contributed by atoms with Crippen molar-refractivity contribution in [2.75, 3.05) is 20.3 Å². The molecule has 5 heteroatoms. The third kappa shape index (κ3) is 3.85. The third-order valence-electron chi connectivity index (χ3n) is 2.44. The summed E-state index contributed by atoms with van der Waals surface area (Å²) in [4.78, 5) is 0. The van der Waals surface area contributed by atoms with Gasteiger partial charge in [0.15, 0.2) is 6.29 Å². The molecule has 4 nitrogen and oxygen atoms in total. The maximum atomic E-state index is 10.2. The summed E-state index contributed by atoms with van der Waals surface area (Å²) in [5.74, 6) is 0.514.